The molecular weight excluding hydrogens is 705 g/mol. The molecule has 0 atom stereocenters. The highest BCUT2D eigenvalue weighted by Crippen LogP contribution is 2.49. The molecule has 0 saturated heterocycles. The van der Waals surface area contributed by atoms with Crippen LogP contribution in [0.15, 0.2) is 215 Å². The summed E-state index contributed by atoms with van der Waals surface area (Å²) in [5.41, 5.74) is 15.3. The van der Waals surface area contributed by atoms with Crippen molar-refractivity contribution in [3.63, 3.8) is 0 Å². The topological polar surface area (TPSA) is 26.3 Å². The fourth-order valence-electron chi connectivity index (χ4n) is 9.36. The molecular formula is C56H34O2. The van der Waals surface area contributed by atoms with Crippen molar-refractivity contribution in [2.75, 3.05) is 0 Å². The summed E-state index contributed by atoms with van der Waals surface area (Å²) >= 11 is 0. The lowest BCUT2D eigenvalue weighted by Gasteiger charge is -2.20. The molecule has 2 aromatic heterocycles. The van der Waals surface area contributed by atoms with Gasteiger partial charge in [0.05, 0.1) is 0 Å². The zero-order valence-electron chi connectivity index (χ0n) is 31.4. The van der Waals surface area contributed by atoms with E-state index in [2.05, 4.69) is 194 Å². The first-order chi connectivity index (χ1) is 28.8. The Morgan fingerprint density at radius 2 is 0.672 bits per heavy atom. The van der Waals surface area contributed by atoms with Gasteiger partial charge in [0, 0.05) is 21.5 Å². The molecule has 0 aliphatic heterocycles. The molecule has 0 radical (unpaired) electrons. The molecule has 58 heavy (non-hydrogen) atoms. The van der Waals surface area contributed by atoms with Gasteiger partial charge < -0.3 is 8.83 Å². The van der Waals surface area contributed by atoms with Crippen LogP contribution in [0.4, 0.5) is 0 Å². The molecule has 270 valence electrons. The Bertz CT molecular complexity index is 3380. The highest BCUT2D eigenvalue weighted by molar-refractivity contribution is 6.24. The van der Waals surface area contributed by atoms with Crippen LogP contribution in [0, 0.1) is 0 Å². The maximum atomic E-state index is 6.45. The molecule has 2 heterocycles. The number of benzene rings is 10. The smallest absolute Gasteiger partial charge is 0.136 e. The molecule has 0 spiro atoms. The van der Waals surface area contributed by atoms with E-state index in [0.717, 1.165) is 55.0 Å². The fraction of sp³-hybridized carbons (Fsp3) is 0. The lowest BCUT2D eigenvalue weighted by atomic mass is 9.82. The van der Waals surface area contributed by atoms with Crippen LogP contribution < -0.4 is 0 Å². The quantitative estimate of drug-likeness (QED) is 0.164. The van der Waals surface area contributed by atoms with Crippen molar-refractivity contribution in [2.45, 2.75) is 0 Å². The highest BCUT2D eigenvalue weighted by atomic mass is 16.3. The van der Waals surface area contributed by atoms with Gasteiger partial charge in [-0.3, -0.25) is 0 Å². The summed E-state index contributed by atoms with van der Waals surface area (Å²) in [5.74, 6) is 0. The van der Waals surface area contributed by atoms with Crippen LogP contribution in [-0.4, -0.2) is 0 Å². The highest BCUT2D eigenvalue weighted by Gasteiger charge is 2.22. The predicted octanol–water partition coefficient (Wildman–Crippen LogP) is 16.1. The average Bonchev–Trinajstić information content (AvgIpc) is 3.87. The monoisotopic (exact) mass is 738 g/mol. The van der Waals surface area contributed by atoms with Crippen LogP contribution in [0.25, 0.3) is 121 Å². The first kappa shape index (κ1) is 32.6. The third-order valence-corrected chi connectivity index (χ3v) is 11.9. The van der Waals surface area contributed by atoms with Crippen LogP contribution in [0.5, 0.6) is 0 Å². The van der Waals surface area contributed by atoms with Gasteiger partial charge in [-0.25, -0.2) is 0 Å². The van der Waals surface area contributed by atoms with Crippen LogP contribution in [-0.2, 0) is 0 Å². The minimum absolute atomic E-state index is 0.887. The number of hydrogen-bond donors (Lipinski definition) is 0. The summed E-state index contributed by atoms with van der Waals surface area (Å²) in [7, 11) is 0. The first-order valence-corrected chi connectivity index (χ1v) is 19.8. The summed E-state index contributed by atoms with van der Waals surface area (Å²) in [6, 6.07) is 74.2. The van der Waals surface area contributed by atoms with Crippen LogP contribution in [0.2, 0.25) is 0 Å². The molecule has 2 heteroatoms. The van der Waals surface area contributed by atoms with Crippen molar-refractivity contribution in [2.24, 2.45) is 0 Å². The number of hydrogen-bond acceptors (Lipinski definition) is 2. The molecule has 2 nitrogen and oxygen atoms in total. The van der Waals surface area contributed by atoms with Gasteiger partial charge in [-0.2, -0.15) is 0 Å². The van der Waals surface area contributed by atoms with Gasteiger partial charge in [-0.15, -0.1) is 0 Å². The minimum atomic E-state index is 0.887. The van der Waals surface area contributed by atoms with Gasteiger partial charge in [0.15, 0.2) is 0 Å². The van der Waals surface area contributed by atoms with E-state index in [-0.39, 0.29) is 0 Å². The third-order valence-electron chi connectivity index (χ3n) is 11.9. The van der Waals surface area contributed by atoms with Crippen LogP contribution in [0.3, 0.4) is 0 Å². The fourth-order valence-corrected chi connectivity index (χ4v) is 9.36. The second-order valence-corrected chi connectivity index (χ2v) is 15.1. The van der Waals surface area contributed by atoms with E-state index >= 15 is 0 Å². The second kappa shape index (κ2) is 12.9. The first-order valence-electron chi connectivity index (χ1n) is 19.8. The van der Waals surface area contributed by atoms with Gasteiger partial charge in [0.1, 0.15) is 22.3 Å². The zero-order chi connectivity index (χ0) is 38.2. The molecule has 10 aromatic carbocycles. The van der Waals surface area contributed by atoms with Crippen molar-refractivity contribution in [3.8, 4) is 55.6 Å². The molecule has 0 aliphatic carbocycles. The van der Waals surface area contributed by atoms with E-state index in [4.69, 9.17) is 8.83 Å². The Morgan fingerprint density at radius 3 is 1.24 bits per heavy atom. The summed E-state index contributed by atoms with van der Waals surface area (Å²) in [5, 5.41) is 9.26. The zero-order valence-corrected chi connectivity index (χ0v) is 31.4. The van der Waals surface area contributed by atoms with Crippen molar-refractivity contribution >= 4 is 65.4 Å². The van der Waals surface area contributed by atoms with Gasteiger partial charge in [0.2, 0.25) is 0 Å². The molecule has 0 bridgehead atoms. The van der Waals surface area contributed by atoms with Crippen molar-refractivity contribution in [1.29, 1.82) is 0 Å². The van der Waals surface area contributed by atoms with Gasteiger partial charge in [0.25, 0.3) is 0 Å². The van der Waals surface area contributed by atoms with E-state index in [1.54, 1.807) is 0 Å². The number of rotatable bonds is 5. The van der Waals surface area contributed by atoms with Gasteiger partial charge >= 0.3 is 0 Å². The molecule has 12 rings (SSSR count). The van der Waals surface area contributed by atoms with E-state index in [1.165, 1.54) is 66.1 Å². The molecule has 0 aliphatic rings. The van der Waals surface area contributed by atoms with Crippen LogP contribution in [0.1, 0.15) is 0 Å². The van der Waals surface area contributed by atoms with Crippen LogP contribution >= 0.6 is 0 Å². The maximum Gasteiger partial charge on any atom is 0.136 e. The SMILES string of the molecule is c1ccc(-c2ccc(-c3ccccc3)c(-c3c4cccc(-c5cccc6oc7ccccc7c56)c4cc4c(-c5cccc6oc7ccccc7c56)cccc34)c2)cc1. The number of para-hydroxylation sites is 2. The number of fused-ring (bicyclic) bond motifs is 8. The van der Waals surface area contributed by atoms with Gasteiger partial charge in [-0.1, -0.05) is 170 Å². The lowest BCUT2D eigenvalue weighted by Crippen LogP contribution is -1.94. The van der Waals surface area contributed by atoms with E-state index in [9.17, 15) is 0 Å². The summed E-state index contributed by atoms with van der Waals surface area (Å²) < 4.78 is 12.9. The van der Waals surface area contributed by atoms with Crippen molar-refractivity contribution in [1.82, 2.24) is 0 Å². The Kier molecular flexibility index (Phi) is 7.26. The average molecular weight is 739 g/mol. The summed E-state index contributed by atoms with van der Waals surface area (Å²) in [6.07, 6.45) is 0. The lowest BCUT2D eigenvalue weighted by molar-refractivity contribution is 0.668. The van der Waals surface area contributed by atoms with Crippen molar-refractivity contribution in [3.05, 3.63) is 206 Å². The number of furan rings is 2. The minimum Gasteiger partial charge on any atom is -0.456 e. The standard InChI is InChI=1S/C56H34O2/c1-3-15-35(16-4-1)37-31-32-38(36-17-5-2-6-18-36)49(33-37)54-43-23-11-21-39(41-25-13-29-52-55(41)45-19-7-9-27-50(45)57-52)47(43)34-48-40(22-12-24-44(48)54)42-26-14-30-53-56(42)46-20-8-10-28-51(46)58-53/h1-34H. The largest absolute Gasteiger partial charge is 0.456 e. The molecule has 0 saturated carbocycles. The normalized spacial score (nSPS) is 11.8. The summed E-state index contributed by atoms with van der Waals surface area (Å²) in [6.45, 7) is 0. The molecule has 0 unspecified atom stereocenters. The molecule has 0 N–H and O–H groups in total. The Morgan fingerprint density at radius 1 is 0.224 bits per heavy atom. The van der Waals surface area contributed by atoms with E-state index in [1.807, 2.05) is 12.1 Å². The second-order valence-electron chi connectivity index (χ2n) is 15.1. The molecule has 0 fully saturated rings. The van der Waals surface area contributed by atoms with E-state index in [0.29, 0.717) is 0 Å². The Labute approximate surface area is 334 Å². The van der Waals surface area contributed by atoms with E-state index < -0.39 is 0 Å². The molecule has 0 amide bonds. The summed E-state index contributed by atoms with van der Waals surface area (Å²) in [4.78, 5) is 0. The predicted molar refractivity (Wildman–Crippen MR) is 243 cm³/mol. The Balaban J connectivity index is 1.25. The molecule has 12 aromatic rings. The third kappa shape index (κ3) is 4.99. The Hall–Kier alpha value is -7.68. The van der Waals surface area contributed by atoms with Gasteiger partial charge in [-0.05, 0) is 114 Å². The maximum absolute atomic E-state index is 6.45. The van der Waals surface area contributed by atoms with Crippen molar-refractivity contribution < 1.29 is 8.83 Å².